The van der Waals surface area contributed by atoms with Gasteiger partial charge in [-0.2, -0.15) is 0 Å². The number of sulfonamides is 1. The number of carbonyl (C=O) groups is 1. The summed E-state index contributed by atoms with van der Waals surface area (Å²) in [5.41, 5.74) is 3.20. The lowest BCUT2D eigenvalue weighted by atomic mass is 9.64. The van der Waals surface area contributed by atoms with Crippen molar-refractivity contribution in [3.8, 4) is 5.75 Å². The first kappa shape index (κ1) is 35.5. The summed E-state index contributed by atoms with van der Waals surface area (Å²) in [6.45, 7) is 3.44. The molecule has 2 bridgehead atoms. The molecule has 2 heterocycles. The molecule has 10 heteroatoms. The van der Waals surface area contributed by atoms with E-state index in [1.807, 2.05) is 67.6 Å². The zero-order chi connectivity index (χ0) is 34.6. The van der Waals surface area contributed by atoms with Crippen LogP contribution in [0.5, 0.6) is 5.75 Å². The van der Waals surface area contributed by atoms with Crippen molar-refractivity contribution in [1.82, 2.24) is 4.72 Å². The number of ether oxygens (including phenoxy) is 2. The molecule has 3 aliphatic rings. The molecule has 5 atom stereocenters. The SMILES string of the molecule is CO[C@@]1(CO)/C=C/C[C@H](C)[C@@H](Cc2ccccc2)S(=O)(=O)NC(=O)c2ccc3c(c2)N(CCCCc2cc(Cl)ccc2CO3)C[C@@H]2CC[C@H]21. The van der Waals surface area contributed by atoms with Crippen LogP contribution in [0.2, 0.25) is 5.02 Å². The van der Waals surface area contributed by atoms with Gasteiger partial charge in [-0.25, -0.2) is 13.1 Å². The number of halogens is 1. The fourth-order valence-electron chi connectivity index (χ4n) is 7.73. The number of aliphatic hydroxyl groups excluding tert-OH is 1. The van der Waals surface area contributed by atoms with Crippen LogP contribution in [-0.4, -0.2) is 57.1 Å². The monoisotopic (exact) mass is 706 g/mol. The van der Waals surface area contributed by atoms with Gasteiger partial charge in [0.05, 0.1) is 17.5 Å². The van der Waals surface area contributed by atoms with E-state index in [1.165, 1.54) is 0 Å². The lowest BCUT2D eigenvalue weighted by Gasteiger charge is -2.49. The number of rotatable bonds is 4. The quantitative estimate of drug-likeness (QED) is 0.290. The van der Waals surface area contributed by atoms with Gasteiger partial charge in [0.15, 0.2) is 0 Å². The predicted octanol–water partition coefficient (Wildman–Crippen LogP) is 6.73. The van der Waals surface area contributed by atoms with E-state index in [0.29, 0.717) is 36.9 Å². The Bertz CT molecular complexity index is 1760. The first-order valence-corrected chi connectivity index (χ1v) is 19.3. The molecule has 0 radical (unpaired) electrons. The van der Waals surface area contributed by atoms with E-state index in [4.69, 9.17) is 21.1 Å². The first-order chi connectivity index (χ1) is 23.6. The Labute approximate surface area is 295 Å². The molecule has 1 saturated carbocycles. The molecule has 6 rings (SSSR count). The van der Waals surface area contributed by atoms with Crippen LogP contribution in [0, 0.1) is 17.8 Å². The van der Waals surface area contributed by atoms with Crippen molar-refractivity contribution >= 4 is 33.2 Å². The number of hydrogen-bond donors (Lipinski definition) is 2. The summed E-state index contributed by atoms with van der Waals surface area (Å²) in [5, 5.41) is 10.6. The van der Waals surface area contributed by atoms with E-state index in [2.05, 4.69) is 9.62 Å². The van der Waals surface area contributed by atoms with Gasteiger partial charge in [-0.05, 0) is 110 Å². The highest BCUT2D eigenvalue weighted by atomic mass is 35.5. The number of carbonyl (C=O) groups excluding carboxylic acids is 1. The molecule has 1 amide bonds. The minimum absolute atomic E-state index is 0.0613. The number of nitrogens with zero attached hydrogens (tertiary/aromatic N) is 1. The maximum absolute atomic E-state index is 14.1. The van der Waals surface area contributed by atoms with Gasteiger partial charge in [-0.3, -0.25) is 4.79 Å². The first-order valence-electron chi connectivity index (χ1n) is 17.3. The van der Waals surface area contributed by atoms with Gasteiger partial charge in [0.2, 0.25) is 10.0 Å². The van der Waals surface area contributed by atoms with Gasteiger partial charge in [-0.15, -0.1) is 0 Å². The number of amides is 1. The fraction of sp³-hybridized carbons (Fsp3) is 0.462. The Kier molecular flexibility index (Phi) is 11.0. The van der Waals surface area contributed by atoms with Crippen LogP contribution in [0.1, 0.15) is 66.1 Å². The summed E-state index contributed by atoms with van der Waals surface area (Å²) in [6.07, 6.45) is 9.16. The highest BCUT2D eigenvalue weighted by Crippen LogP contribution is 2.46. The second-order valence-corrected chi connectivity index (χ2v) is 16.2. The smallest absolute Gasteiger partial charge is 0.264 e. The molecule has 3 aromatic rings. The largest absolute Gasteiger partial charge is 0.487 e. The van der Waals surface area contributed by atoms with Crippen molar-refractivity contribution in [2.45, 2.75) is 69.3 Å². The number of anilines is 1. The topological polar surface area (TPSA) is 105 Å². The van der Waals surface area contributed by atoms with E-state index in [-0.39, 0.29) is 36.3 Å². The Morgan fingerprint density at radius 2 is 1.88 bits per heavy atom. The Balaban J connectivity index is 1.42. The molecule has 3 aromatic carbocycles. The molecule has 0 spiro atoms. The van der Waals surface area contributed by atoms with E-state index < -0.39 is 26.8 Å². The third-order valence-electron chi connectivity index (χ3n) is 10.8. The molecule has 0 unspecified atom stereocenters. The maximum Gasteiger partial charge on any atom is 0.264 e. The fourth-order valence-corrected chi connectivity index (χ4v) is 9.59. The van der Waals surface area contributed by atoms with Crippen LogP contribution in [-0.2, 0) is 34.2 Å². The highest BCUT2D eigenvalue weighted by Gasteiger charge is 2.47. The van der Waals surface area contributed by atoms with E-state index in [9.17, 15) is 18.3 Å². The Morgan fingerprint density at radius 1 is 1.06 bits per heavy atom. The maximum atomic E-state index is 14.1. The van der Waals surface area contributed by atoms with Crippen molar-refractivity contribution in [3.05, 3.63) is 106 Å². The van der Waals surface area contributed by atoms with Crippen molar-refractivity contribution in [2.75, 3.05) is 31.7 Å². The molecule has 0 saturated heterocycles. The van der Waals surface area contributed by atoms with Crippen LogP contribution < -0.4 is 14.4 Å². The average molecular weight is 707 g/mol. The molecule has 0 aromatic heterocycles. The van der Waals surface area contributed by atoms with E-state index in [1.54, 1.807) is 25.3 Å². The van der Waals surface area contributed by atoms with Crippen molar-refractivity contribution in [3.63, 3.8) is 0 Å². The normalized spacial score (nSPS) is 28.0. The third-order valence-corrected chi connectivity index (χ3v) is 13.0. The lowest BCUT2D eigenvalue weighted by molar-refractivity contribution is -0.103. The average Bonchev–Trinajstić information content (AvgIpc) is 3.11. The zero-order valence-corrected chi connectivity index (χ0v) is 29.9. The van der Waals surface area contributed by atoms with Crippen LogP contribution >= 0.6 is 11.6 Å². The van der Waals surface area contributed by atoms with Crippen molar-refractivity contribution < 1.29 is 27.8 Å². The summed E-state index contributed by atoms with van der Waals surface area (Å²) in [5.74, 6) is -0.0971. The number of aryl methyl sites for hydroxylation is 1. The summed E-state index contributed by atoms with van der Waals surface area (Å²) in [6, 6.07) is 20.5. The molecular formula is C39H47ClN2O6S. The molecule has 8 nitrogen and oxygen atoms in total. The number of allylic oxidation sites excluding steroid dienone is 1. The van der Waals surface area contributed by atoms with Crippen molar-refractivity contribution in [1.29, 1.82) is 0 Å². The van der Waals surface area contributed by atoms with Crippen LogP contribution in [0.3, 0.4) is 0 Å². The summed E-state index contributed by atoms with van der Waals surface area (Å²) >= 11 is 6.36. The molecule has 2 aliphatic heterocycles. The van der Waals surface area contributed by atoms with Crippen LogP contribution in [0.25, 0.3) is 0 Å². The number of hydrogen-bond acceptors (Lipinski definition) is 7. The van der Waals surface area contributed by atoms with Gasteiger partial charge in [0, 0.05) is 30.8 Å². The second kappa shape index (κ2) is 15.3. The van der Waals surface area contributed by atoms with Gasteiger partial charge in [0.25, 0.3) is 5.91 Å². The minimum atomic E-state index is -4.11. The number of benzene rings is 3. The number of fused-ring (bicyclic) bond motifs is 3. The minimum Gasteiger partial charge on any atom is -0.487 e. The zero-order valence-electron chi connectivity index (χ0n) is 28.3. The van der Waals surface area contributed by atoms with E-state index in [0.717, 1.165) is 54.5 Å². The molecule has 262 valence electrons. The van der Waals surface area contributed by atoms with Crippen LogP contribution in [0.4, 0.5) is 5.69 Å². The number of nitrogens with one attached hydrogen (secondary N) is 1. The molecular weight excluding hydrogens is 660 g/mol. The van der Waals surface area contributed by atoms with Gasteiger partial charge < -0.3 is 19.5 Å². The van der Waals surface area contributed by atoms with Gasteiger partial charge in [0.1, 0.15) is 18.0 Å². The second-order valence-electron chi connectivity index (χ2n) is 13.9. The molecule has 49 heavy (non-hydrogen) atoms. The summed E-state index contributed by atoms with van der Waals surface area (Å²) in [7, 11) is -2.47. The van der Waals surface area contributed by atoms with Gasteiger partial charge in [-0.1, -0.05) is 67.1 Å². The molecule has 1 fully saturated rings. The van der Waals surface area contributed by atoms with Crippen molar-refractivity contribution in [2.24, 2.45) is 17.8 Å². The standard InChI is InChI=1S/C39H47ClN2O6S/c1-27-9-8-19-39(26-43,47-2)34-17-14-31(34)24-42-20-7-6-12-29-22-33(40)16-13-32(29)25-48-36-18-15-30(23-35(36)42)38(44)41-49(45,46)37(27)21-28-10-4-3-5-11-28/h3-5,8,10-11,13,15-16,18-19,22-23,27,31,34,37,43H,6-7,9,12,14,17,20-21,24-26H2,1-2H3,(H,41,44)/b19-8+/t27-,31-,34+,37+,39+/m0/s1. The van der Waals surface area contributed by atoms with E-state index >= 15 is 0 Å². The summed E-state index contributed by atoms with van der Waals surface area (Å²) in [4.78, 5) is 16.1. The third kappa shape index (κ3) is 7.85. The molecule has 2 N–H and O–H groups in total. The number of aliphatic hydroxyl groups is 1. The predicted molar refractivity (Wildman–Crippen MR) is 194 cm³/mol. The van der Waals surface area contributed by atoms with Gasteiger partial charge >= 0.3 is 0 Å². The Hall–Kier alpha value is -3.37. The lowest BCUT2D eigenvalue weighted by Crippen LogP contribution is -2.53. The molecule has 1 aliphatic carbocycles. The summed E-state index contributed by atoms with van der Waals surface area (Å²) < 4.78 is 43.1. The number of methoxy groups -OCH3 is 1. The Morgan fingerprint density at radius 3 is 2.61 bits per heavy atom. The highest BCUT2D eigenvalue weighted by molar-refractivity contribution is 7.90. The van der Waals surface area contributed by atoms with Crippen LogP contribution in [0.15, 0.2) is 78.9 Å².